The molecule has 2 amide bonds. The Morgan fingerprint density at radius 2 is 1.83 bits per heavy atom. The van der Waals surface area contributed by atoms with E-state index in [0.717, 1.165) is 31.5 Å². The quantitative estimate of drug-likeness (QED) is 0.771. The third-order valence-electron chi connectivity index (χ3n) is 5.82. The van der Waals surface area contributed by atoms with Crippen LogP contribution in [0.15, 0.2) is 42.5 Å². The highest BCUT2D eigenvalue weighted by molar-refractivity contribution is 5.92. The van der Waals surface area contributed by atoms with E-state index in [1.807, 2.05) is 6.07 Å². The maximum atomic E-state index is 13.7. The maximum absolute atomic E-state index is 13.7. The summed E-state index contributed by atoms with van der Waals surface area (Å²) in [5.74, 6) is -0.577. The Balaban J connectivity index is 1.31. The molecule has 2 aliphatic heterocycles. The normalized spacial score (nSPS) is 16.3. The molecular formula is C23H26FN3O3. The van der Waals surface area contributed by atoms with E-state index in [4.69, 9.17) is 4.74 Å². The van der Waals surface area contributed by atoms with Gasteiger partial charge in [-0.3, -0.25) is 0 Å². The summed E-state index contributed by atoms with van der Waals surface area (Å²) < 4.78 is 18.6. The number of likely N-dealkylation sites (tertiary alicyclic amines) is 1. The van der Waals surface area contributed by atoms with Crippen LogP contribution in [0, 0.1) is 5.82 Å². The van der Waals surface area contributed by atoms with Crippen molar-refractivity contribution in [2.24, 2.45) is 0 Å². The van der Waals surface area contributed by atoms with Gasteiger partial charge in [-0.25, -0.2) is 14.0 Å². The molecule has 0 radical (unpaired) electrons. The summed E-state index contributed by atoms with van der Waals surface area (Å²) in [7, 11) is 0. The molecule has 30 heavy (non-hydrogen) atoms. The molecule has 1 saturated heterocycles. The number of nitrogens with zero attached hydrogens (tertiary/aromatic N) is 2. The highest BCUT2D eigenvalue weighted by Crippen LogP contribution is 2.33. The Kier molecular flexibility index (Phi) is 5.88. The van der Waals surface area contributed by atoms with Crippen molar-refractivity contribution in [2.75, 3.05) is 36.5 Å². The Morgan fingerprint density at radius 1 is 1.10 bits per heavy atom. The lowest BCUT2D eigenvalue weighted by molar-refractivity contribution is 0.0526. The first-order valence-electron chi connectivity index (χ1n) is 10.4. The van der Waals surface area contributed by atoms with E-state index >= 15 is 0 Å². The summed E-state index contributed by atoms with van der Waals surface area (Å²) in [5, 5.41) is 2.89. The number of ether oxygens (including phenoxy) is 1. The standard InChI is InChI=1S/C23H26FN3O3/c1-2-30-22(28)17-4-7-19(8-5-17)25-23(29)26-12-10-20(11-13-26)27-14-9-16-3-6-18(24)15-21(16)27/h3-8,15,20H,2,9-14H2,1H3,(H,25,29). The van der Waals surface area contributed by atoms with Crippen molar-refractivity contribution >= 4 is 23.4 Å². The van der Waals surface area contributed by atoms with E-state index in [9.17, 15) is 14.0 Å². The predicted octanol–water partition coefficient (Wildman–Crippen LogP) is 4.06. The largest absolute Gasteiger partial charge is 0.462 e. The van der Waals surface area contributed by atoms with Gasteiger partial charge in [-0.05, 0) is 68.1 Å². The third kappa shape index (κ3) is 4.25. The molecule has 0 unspecified atom stereocenters. The minimum atomic E-state index is -0.374. The molecule has 0 aliphatic carbocycles. The summed E-state index contributed by atoms with van der Waals surface area (Å²) in [4.78, 5) is 28.4. The van der Waals surface area contributed by atoms with Gasteiger partial charge in [-0.1, -0.05) is 6.07 Å². The van der Waals surface area contributed by atoms with Crippen molar-refractivity contribution < 1.29 is 18.7 Å². The predicted molar refractivity (Wildman–Crippen MR) is 113 cm³/mol. The Labute approximate surface area is 175 Å². The van der Waals surface area contributed by atoms with Crippen molar-refractivity contribution in [3.05, 3.63) is 59.4 Å². The van der Waals surface area contributed by atoms with Crippen molar-refractivity contribution in [3.63, 3.8) is 0 Å². The number of benzene rings is 2. The minimum Gasteiger partial charge on any atom is -0.462 e. The number of carbonyl (C=O) groups is 2. The van der Waals surface area contributed by atoms with Gasteiger partial charge in [0.15, 0.2) is 0 Å². The second-order valence-corrected chi connectivity index (χ2v) is 7.66. The minimum absolute atomic E-state index is 0.148. The van der Waals surface area contributed by atoms with Crippen LogP contribution >= 0.6 is 0 Å². The summed E-state index contributed by atoms with van der Waals surface area (Å²) >= 11 is 0. The lowest BCUT2D eigenvalue weighted by atomic mass is 10.0. The summed E-state index contributed by atoms with van der Waals surface area (Å²) in [6.45, 7) is 4.29. The van der Waals surface area contributed by atoms with Crippen molar-refractivity contribution in [3.8, 4) is 0 Å². The van der Waals surface area contributed by atoms with Gasteiger partial charge in [0.1, 0.15) is 5.82 Å². The SMILES string of the molecule is CCOC(=O)c1ccc(NC(=O)N2CCC(N3CCc4ccc(F)cc43)CC2)cc1. The van der Waals surface area contributed by atoms with Gasteiger partial charge >= 0.3 is 12.0 Å². The molecule has 0 aromatic heterocycles. The number of rotatable bonds is 4. The monoisotopic (exact) mass is 411 g/mol. The molecular weight excluding hydrogens is 385 g/mol. The van der Waals surface area contributed by atoms with Gasteiger partial charge in [0.25, 0.3) is 0 Å². The molecule has 1 fully saturated rings. The van der Waals surface area contributed by atoms with Gasteiger partial charge in [0.2, 0.25) is 0 Å². The lowest BCUT2D eigenvalue weighted by Gasteiger charge is -2.38. The van der Waals surface area contributed by atoms with Crippen molar-refractivity contribution in [1.29, 1.82) is 0 Å². The number of piperidine rings is 1. The zero-order valence-corrected chi connectivity index (χ0v) is 17.1. The van der Waals surface area contributed by atoms with Crippen molar-refractivity contribution in [2.45, 2.75) is 32.2 Å². The van der Waals surface area contributed by atoms with E-state index in [1.165, 1.54) is 11.6 Å². The number of hydrogen-bond acceptors (Lipinski definition) is 4. The van der Waals surface area contributed by atoms with Gasteiger partial charge < -0.3 is 19.9 Å². The number of urea groups is 1. The topological polar surface area (TPSA) is 61.9 Å². The molecule has 4 rings (SSSR count). The molecule has 0 saturated carbocycles. The van der Waals surface area contributed by atoms with Crippen LogP contribution in [0.2, 0.25) is 0 Å². The molecule has 0 spiro atoms. The zero-order valence-electron chi connectivity index (χ0n) is 17.1. The number of amides is 2. The molecule has 2 heterocycles. The number of hydrogen-bond donors (Lipinski definition) is 1. The van der Waals surface area contributed by atoms with Gasteiger partial charge in [-0.2, -0.15) is 0 Å². The van der Waals surface area contributed by atoms with Crippen LogP contribution in [0.25, 0.3) is 0 Å². The second kappa shape index (κ2) is 8.73. The van der Waals surface area contributed by atoms with E-state index in [-0.39, 0.29) is 17.8 Å². The van der Waals surface area contributed by atoms with E-state index in [0.29, 0.717) is 37.0 Å². The van der Waals surface area contributed by atoms with Crippen LogP contribution in [0.4, 0.5) is 20.6 Å². The number of esters is 1. The van der Waals surface area contributed by atoms with E-state index in [1.54, 1.807) is 42.2 Å². The van der Waals surface area contributed by atoms with Crippen LogP contribution in [0.3, 0.4) is 0 Å². The molecule has 2 aliphatic rings. The number of carbonyl (C=O) groups excluding carboxylic acids is 2. The molecule has 0 atom stereocenters. The van der Waals surface area contributed by atoms with Crippen molar-refractivity contribution in [1.82, 2.24) is 4.90 Å². The molecule has 2 aromatic carbocycles. The average Bonchev–Trinajstić information content (AvgIpc) is 3.17. The Hall–Kier alpha value is -3.09. The Morgan fingerprint density at radius 3 is 2.53 bits per heavy atom. The number of fused-ring (bicyclic) bond motifs is 1. The fraction of sp³-hybridized carbons (Fsp3) is 0.391. The molecule has 0 bridgehead atoms. The molecule has 6 nitrogen and oxygen atoms in total. The van der Waals surface area contributed by atoms with Crippen LogP contribution in [0.1, 0.15) is 35.7 Å². The highest BCUT2D eigenvalue weighted by Gasteiger charge is 2.30. The first-order valence-corrected chi connectivity index (χ1v) is 10.4. The lowest BCUT2D eigenvalue weighted by Crippen LogP contribution is -2.47. The number of halogens is 1. The highest BCUT2D eigenvalue weighted by atomic mass is 19.1. The second-order valence-electron chi connectivity index (χ2n) is 7.66. The Bertz CT molecular complexity index is 924. The summed E-state index contributed by atoms with van der Waals surface area (Å²) in [6.07, 6.45) is 2.65. The van der Waals surface area contributed by atoms with E-state index in [2.05, 4.69) is 10.2 Å². The van der Waals surface area contributed by atoms with Crippen LogP contribution in [-0.4, -0.2) is 49.2 Å². The summed E-state index contributed by atoms with van der Waals surface area (Å²) in [6, 6.07) is 11.9. The van der Waals surface area contributed by atoms with Gasteiger partial charge in [0.05, 0.1) is 12.2 Å². The fourth-order valence-corrected chi connectivity index (χ4v) is 4.24. The van der Waals surface area contributed by atoms with Crippen LogP contribution in [0.5, 0.6) is 0 Å². The maximum Gasteiger partial charge on any atom is 0.338 e. The fourth-order valence-electron chi connectivity index (χ4n) is 4.24. The molecule has 2 aromatic rings. The summed E-state index contributed by atoms with van der Waals surface area (Å²) in [5.41, 5.74) is 3.29. The van der Waals surface area contributed by atoms with Gasteiger partial charge in [-0.15, -0.1) is 0 Å². The average molecular weight is 411 g/mol. The number of anilines is 2. The van der Waals surface area contributed by atoms with E-state index < -0.39 is 0 Å². The number of nitrogens with one attached hydrogen (secondary N) is 1. The first kappa shape index (κ1) is 20.2. The molecule has 7 heteroatoms. The first-order chi connectivity index (χ1) is 14.5. The zero-order chi connectivity index (χ0) is 21.1. The molecule has 1 N–H and O–H groups in total. The van der Waals surface area contributed by atoms with Crippen LogP contribution in [-0.2, 0) is 11.2 Å². The smallest absolute Gasteiger partial charge is 0.338 e. The molecule has 158 valence electrons. The van der Waals surface area contributed by atoms with Gasteiger partial charge in [0, 0.05) is 37.1 Å². The van der Waals surface area contributed by atoms with Crippen LogP contribution < -0.4 is 10.2 Å². The third-order valence-corrected chi connectivity index (χ3v) is 5.82.